The minimum atomic E-state index is -1.44. The second kappa shape index (κ2) is 30.3. The van der Waals surface area contributed by atoms with E-state index in [9.17, 15) is 52.7 Å². The van der Waals surface area contributed by atoms with Gasteiger partial charge in [-0.3, -0.25) is 33.6 Å². The molecule has 0 aliphatic carbocycles. The van der Waals surface area contributed by atoms with E-state index in [1.165, 1.54) is 13.8 Å². The van der Waals surface area contributed by atoms with E-state index in [1.54, 1.807) is 62.3 Å². The molecule has 0 spiro atoms. The van der Waals surface area contributed by atoms with Crippen molar-refractivity contribution >= 4 is 65.7 Å². The first kappa shape index (κ1) is 72.2. The van der Waals surface area contributed by atoms with Crippen LogP contribution in [-0.2, 0) is 105 Å². The lowest BCUT2D eigenvalue weighted by Gasteiger charge is -2.35. The lowest BCUT2D eigenvalue weighted by atomic mass is 9.89. The second-order valence-corrected chi connectivity index (χ2v) is 24.1. The average molecular weight is 1140 g/mol. The Hall–Kier alpha value is -5.83. The fourth-order valence-electron chi connectivity index (χ4n) is 6.60. The fourth-order valence-corrected chi connectivity index (χ4v) is 6.60. The van der Waals surface area contributed by atoms with E-state index < -0.39 is 80.2 Å². The molecule has 5 aliphatic heterocycles. The van der Waals surface area contributed by atoms with Gasteiger partial charge in [-0.25, -0.2) is 19.2 Å². The van der Waals surface area contributed by atoms with Crippen LogP contribution in [0.4, 0.5) is 0 Å². The maximum Gasteiger partial charge on any atom is 0.350 e. The predicted molar refractivity (Wildman–Crippen MR) is 286 cm³/mol. The second-order valence-electron chi connectivity index (χ2n) is 24.1. The van der Waals surface area contributed by atoms with Gasteiger partial charge in [-0.1, -0.05) is 48.5 Å². The predicted octanol–water partition coefficient (Wildman–Crippen LogP) is 8.29. The van der Waals surface area contributed by atoms with Crippen LogP contribution >= 0.6 is 0 Å². The number of cyclic esters (lactones) is 5. The van der Waals surface area contributed by atoms with E-state index in [0.29, 0.717) is 84.2 Å². The summed E-state index contributed by atoms with van der Waals surface area (Å²) in [5.74, 6) is -4.66. The molecule has 0 aromatic heterocycles. The molecule has 5 heterocycles. The van der Waals surface area contributed by atoms with Crippen LogP contribution in [0.2, 0.25) is 0 Å². The van der Waals surface area contributed by atoms with Crippen LogP contribution in [0.25, 0.3) is 0 Å². The number of carbonyl (C=O) groups excluding carboxylic acids is 11. The molecule has 5 saturated heterocycles. The zero-order chi connectivity index (χ0) is 61.9. The third kappa shape index (κ3) is 22.3. The highest BCUT2D eigenvalue weighted by Crippen LogP contribution is 2.33. The van der Waals surface area contributed by atoms with Crippen molar-refractivity contribution in [2.75, 3.05) is 33.0 Å². The van der Waals surface area contributed by atoms with Gasteiger partial charge in [0, 0.05) is 32.1 Å². The van der Waals surface area contributed by atoms with Gasteiger partial charge in [0.1, 0.15) is 11.2 Å². The minimum absolute atomic E-state index is 0.111. The third-order valence-corrected chi connectivity index (χ3v) is 15.0. The van der Waals surface area contributed by atoms with Gasteiger partial charge in [-0.05, 0) is 115 Å². The number of hydrogen-bond acceptors (Lipinski definition) is 22. The number of ether oxygens (including phenoxy) is 11. The van der Waals surface area contributed by atoms with E-state index in [1.807, 2.05) is 55.4 Å². The number of carbonyl (C=O) groups is 11. The van der Waals surface area contributed by atoms with Crippen molar-refractivity contribution in [3.63, 3.8) is 0 Å². The average Bonchev–Trinajstić information content (AvgIpc) is 4.05. The lowest BCUT2D eigenvalue weighted by molar-refractivity contribution is -0.188. The molecule has 5 rings (SSSR count). The number of hydrogen-bond donors (Lipinski definition) is 0. The molecule has 5 aliphatic rings. The molecule has 0 bridgehead atoms. The molecule has 22 nitrogen and oxygen atoms in total. The minimum Gasteiger partial charge on any atom is -0.465 e. The van der Waals surface area contributed by atoms with Gasteiger partial charge in [0.25, 0.3) is 0 Å². The summed E-state index contributed by atoms with van der Waals surface area (Å²) in [7, 11) is 0. The van der Waals surface area contributed by atoms with E-state index in [-0.39, 0.29) is 67.1 Å². The Balaban J connectivity index is 0.000000503. The van der Waals surface area contributed by atoms with Gasteiger partial charge in [0.2, 0.25) is 22.9 Å². The van der Waals surface area contributed by atoms with E-state index >= 15 is 0 Å². The summed E-state index contributed by atoms with van der Waals surface area (Å²) >= 11 is 0. The molecule has 5 fully saturated rings. The molecule has 0 aromatic carbocycles. The highest BCUT2D eigenvalue weighted by Gasteiger charge is 2.47. The van der Waals surface area contributed by atoms with Crippen LogP contribution in [0.3, 0.4) is 0 Å². The summed E-state index contributed by atoms with van der Waals surface area (Å²) in [6, 6.07) is 0. The maximum absolute atomic E-state index is 12.0. The molecule has 7 unspecified atom stereocenters. The SMILES string of the molecule is CCC(C)(C)C(=O)OC(C)(C)C(=O)OC1CCOC1=O.CCC(C)(C)C(=O)OC1(C)CCOC(=O)C1.CCC(C)(C)C(=O)OC1(C)CCOC1=O.CCC(C)C(=O)OC1(C)CCOC(=O)C1.CCC(C)C(=O)OC1(C)CCOC1=O. The standard InChI is InChI=1S/C14H22O6.C12H20O4.2C11H18O4.C10H16O4/c1-6-13(2,3)11(16)20-14(4,5)12(17)19-9-7-8-18-10(9)15;1-5-11(2,3)10(14)16-12(4)6-7-15-9(13)8-12;1-5-10(2,3)8(12)15-11(4)6-7-14-9(11)13;1-4-8(2)10(13)15-11(3)5-6-14-9(12)7-11;1-4-7(2)8(11)14-10(3)5-6-13-9(10)12/h9H,6-8H2,1-5H3;5-8H2,1-4H3;5-7H2,1-4H3;8H,4-7H2,1-3H3;7H,4-6H2,1-3H3. The number of rotatable bonds is 17. The first-order valence-corrected chi connectivity index (χ1v) is 27.9. The van der Waals surface area contributed by atoms with Crippen LogP contribution in [0, 0.1) is 28.1 Å². The normalized spacial score (nSPS) is 25.2. The smallest absolute Gasteiger partial charge is 0.350 e. The van der Waals surface area contributed by atoms with E-state index in [2.05, 4.69) is 0 Å². The first-order chi connectivity index (χ1) is 36.7. The Bertz CT molecular complexity index is 2190. The van der Waals surface area contributed by atoms with Crippen molar-refractivity contribution in [1.29, 1.82) is 0 Å². The van der Waals surface area contributed by atoms with Crippen molar-refractivity contribution in [3.8, 4) is 0 Å². The van der Waals surface area contributed by atoms with Crippen molar-refractivity contribution in [3.05, 3.63) is 0 Å². The van der Waals surface area contributed by atoms with Crippen molar-refractivity contribution in [2.45, 2.75) is 243 Å². The largest absolute Gasteiger partial charge is 0.465 e. The van der Waals surface area contributed by atoms with E-state index in [4.69, 9.17) is 52.1 Å². The fraction of sp³-hybridized carbons (Fsp3) is 0.810. The van der Waals surface area contributed by atoms with Crippen LogP contribution < -0.4 is 0 Å². The molecule has 0 saturated carbocycles. The highest BCUT2D eigenvalue weighted by atomic mass is 16.6. The summed E-state index contributed by atoms with van der Waals surface area (Å²) in [6.07, 6.45) is 5.23. The Morgan fingerprint density at radius 1 is 0.487 bits per heavy atom. The van der Waals surface area contributed by atoms with Crippen LogP contribution in [-0.4, -0.2) is 133 Å². The molecule has 458 valence electrons. The van der Waals surface area contributed by atoms with Crippen LogP contribution in [0.1, 0.15) is 209 Å². The maximum atomic E-state index is 12.0. The molecular formula is C58H94O22. The summed E-state index contributed by atoms with van der Waals surface area (Å²) in [4.78, 5) is 127. The Morgan fingerprint density at radius 2 is 0.863 bits per heavy atom. The summed E-state index contributed by atoms with van der Waals surface area (Å²) in [5, 5.41) is 0. The summed E-state index contributed by atoms with van der Waals surface area (Å²) < 4.78 is 55.4. The molecule has 7 atom stereocenters. The Labute approximate surface area is 473 Å². The third-order valence-electron chi connectivity index (χ3n) is 15.0. The molecule has 0 amide bonds. The molecule has 0 aromatic rings. The van der Waals surface area contributed by atoms with Gasteiger partial charge in [-0.2, -0.15) is 0 Å². The van der Waals surface area contributed by atoms with Gasteiger partial charge < -0.3 is 52.1 Å². The van der Waals surface area contributed by atoms with Crippen molar-refractivity contribution in [1.82, 2.24) is 0 Å². The molecule has 0 N–H and O–H groups in total. The Kier molecular flexibility index (Phi) is 27.3. The van der Waals surface area contributed by atoms with E-state index in [0.717, 1.165) is 6.42 Å². The number of esters is 11. The van der Waals surface area contributed by atoms with Gasteiger partial charge in [-0.15, -0.1) is 0 Å². The van der Waals surface area contributed by atoms with Crippen LogP contribution in [0.15, 0.2) is 0 Å². The van der Waals surface area contributed by atoms with Crippen LogP contribution in [0.5, 0.6) is 0 Å². The molecule has 22 heteroatoms. The van der Waals surface area contributed by atoms with Gasteiger partial charge >= 0.3 is 65.7 Å². The lowest BCUT2D eigenvalue weighted by Crippen LogP contribution is -2.44. The zero-order valence-corrected chi connectivity index (χ0v) is 51.2. The quantitative estimate of drug-likeness (QED) is 0.0977. The van der Waals surface area contributed by atoms with Crippen molar-refractivity contribution < 1.29 is 105 Å². The Morgan fingerprint density at radius 3 is 1.23 bits per heavy atom. The van der Waals surface area contributed by atoms with Gasteiger partial charge in [0.15, 0.2) is 0 Å². The molecule has 80 heavy (non-hydrogen) atoms. The monoisotopic (exact) mass is 1140 g/mol. The molecular weight excluding hydrogens is 1050 g/mol. The van der Waals surface area contributed by atoms with Gasteiger partial charge in [0.05, 0.1) is 74.0 Å². The topological polar surface area (TPSA) is 289 Å². The first-order valence-electron chi connectivity index (χ1n) is 27.9. The highest BCUT2D eigenvalue weighted by molar-refractivity contribution is 5.88. The van der Waals surface area contributed by atoms with Crippen molar-refractivity contribution in [2.24, 2.45) is 28.1 Å². The summed E-state index contributed by atoms with van der Waals surface area (Å²) in [5.41, 5.74) is -6.66. The molecule has 0 radical (unpaired) electrons. The zero-order valence-electron chi connectivity index (χ0n) is 51.2. The summed E-state index contributed by atoms with van der Waals surface area (Å²) in [6.45, 7) is 35.2.